The molecule has 0 bridgehead atoms. The number of nitrogens with zero attached hydrogens (tertiary/aromatic N) is 3. The maximum absolute atomic E-state index is 13.3. The molecule has 1 aliphatic rings. The Hall–Kier alpha value is -3.09. The summed E-state index contributed by atoms with van der Waals surface area (Å²) in [5.74, 6) is 1.47. The summed E-state index contributed by atoms with van der Waals surface area (Å²) in [6, 6.07) is 18.9. The van der Waals surface area contributed by atoms with Gasteiger partial charge in [-0.25, -0.2) is 0 Å². The molecule has 2 aromatic heterocycles. The second-order valence-corrected chi connectivity index (χ2v) is 9.74. The number of aryl methyl sites for hydroxylation is 2. The smallest absolute Gasteiger partial charge is 0.275 e. The van der Waals surface area contributed by atoms with Crippen molar-refractivity contribution in [2.75, 3.05) is 32.8 Å². The van der Waals surface area contributed by atoms with Crippen molar-refractivity contribution in [1.82, 2.24) is 13.9 Å². The van der Waals surface area contributed by atoms with Crippen LogP contribution in [0.25, 0.3) is 16.6 Å². The van der Waals surface area contributed by atoms with Gasteiger partial charge in [0.2, 0.25) is 0 Å². The van der Waals surface area contributed by atoms with Crippen LogP contribution in [0.2, 0.25) is 0 Å². The van der Waals surface area contributed by atoms with Gasteiger partial charge in [-0.15, -0.1) is 0 Å². The lowest BCUT2D eigenvalue weighted by molar-refractivity contribution is 0.207. The minimum atomic E-state index is 0.0670. The third-order valence-corrected chi connectivity index (χ3v) is 7.32. The molecule has 0 unspecified atom stereocenters. The molecule has 0 amide bonds. The highest BCUT2D eigenvalue weighted by Crippen LogP contribution is 2.28. The Bertz CT molecular complexity index is 1330. The number of ether oxygens (including phenoxy) is 1. The van der Waals surface area contributed by atoms with Gasteiger partial charge in [-0.1, -0.05) is 29.8 Å². The Morgan fingerprint density at radius 3 is 2.51 bits per heavy atom. The van der Waals surface area contributed by atoms with Crippen molar-refractivity contribution in [3.63, 3.8) is 0 Å². The summed E-state index contributed by atoms with van der Waals surface area (Å²) >= 11 is 0. The number of likely N-dealkylation sites (tertiary alicyclic amines) is 1. The average Bonchev–Trinajstić information content (AvgIpc) is 3.38. The lowest BCUT2D eigenvalue weighted by Gasteiger charge is -2.32. The van der Waals surface area contributed by atoms with Crippen LogP contribution >= 0.6 is 0 Å². The van der Waals surface area contributed by atoms with Crippen molar-refractivity contribution < 1.29 is 4.74 Å². The van der Waals surface area contributed by atoms with Gasteiger partial charge in [-0.2, -0.15) is 0 Å². The number of hydrogen-bond acceptors (Lipinski definition) is 4. The van der Waals surface area contributed by atoms with Crippen LogP contribution in [0.3, 0.4) is 0 Å². The van der Waals surface area contributed by atoms with Crippen LogP contribution in [-0.4, -0.2) is 46.7 Å². The Balaban J connectivity index is 1.26. The monoisotopic (exact) mass is 472 g/mol. The first kappa shape index (κ1) is 23.6. The van der Waals surface area contributed by atoms with Crippen molar-refractivity contribution in [3.05, 3.63) is 82.3 Å². The molecule has 6 nitrogen and oxygen atoms in total. The first-order valence-corrected chi connectivity index (χ1v) is 12.9. The Morgan fingerprint density at radius 2 is 1.74 bits per heavy atom. The molecule has 0 radical (unpaired) electrons. The van der Waals surface area contributed by atoms with Gasteiger partial charge in [-0.05, 0) is 94.5 Å². The van der Waals surface area contributed by atoms with Crippen LogP contribution in [0.5, 0.6) is 5.75 Å². The van der Waals surface area contributed by atoms with Gasteiger partial charge in [0.05, 0.1) is 17.6 Å². The number of hydrogen-bond donors (Lipinski definition) is 1. The Kier molecular flexibility index (Phi) is 7.21. The summed E-state index contributed by atoms with van der Waals surface area (Å²) in [7, 11) is 0. The molecule has 6 heteroatoms. The van der Waals surface area contributed by atoms with Gasteiger partial charge in [0.25, 0.3) is 5.56 Å². The molecule has 4 aromatic rings. The minimum Gasteiger partial charge on any atom is -0.493 e. The summed E-state index contributed by atoms with van der Waals surface area (Å²) < 4.78 is 9.78. The summed E-state index contributed by atoms with van der Waals surface area (Å²) in [4.78, 5) is 15.8. The number of benzene rings is 2. The van der Waals surface area contributed by atoms with E-state index in [0.29, 0.717) is 31.1 Å². The number of rotatable bonds is 9. The third kappa shape index (κ3) is 5.14. The molecule has 2 aromatic carbocycles. The lowest BCUT2D eigenvalue weighted by Crippen LogP contribution is -2.34. The Labute approximate surface area is 206 Å². The molecule has 5 rings (SSSR count). The fourth-order valence-corrected chi connectivity index (χ4v) is 5.30. The zero-order valence-electron chi connectivity index (χ0n) is 20.7. The van der Waals surface area contributed by atoms with Crippen molar-refractivity contribution >= 4 is 16.6 Å². The van der Waals surface area contributed by atoms with Crippen molar-refractivity contribution in [3.8, 4) is 5.75 Å². The zero-order chi connectivity index (χ0) is 24.2. The second kappa shape index (κ2) is 10.7. The minimum absolute atomic E-state index is 0.0670. The van der Waals surface area contributed by atoms with Crippen LogP contribution in [-0.2, 0) is 6.54 Å². The van der Waals surface area contributed by atoms with Crippen LogP contribution in [0.4, 0.5) is 0 Å². The fraction of sp³-hybridized carbons (Fsp3) is 0.414. The van der Waals surface area contributed by atoms with E-state index in [0.717, 1.165) is 49.3 Å². The second-order valence-electron chi connectivity index (χ2n) is 9.74. The van der Waals surface area contributed by atoms with E-state index in [1.54, 1.807) is 0 Å². The largest absolute Gasteiger partial charge is 0.493 e. The summed E-state index contributed by atoms with van der Waals surface area (Å²) in [5, 5.41) is 0. The van der Waals surface area contributed by atoms with Gasteiger partial charge in [0, 0.05) is 18.8 Å². The summed E-state index contributed by atoms with van der Waals surface area (Å²) in [6.45, 7) is 7.31. The van der Waals surface area contributed by atoms with E-state index in [1.807, 2.05) is 45.5 Å². The highest BCUT2D eigenvalue weighted by atomic mass is 16.5. The first-order chi connectivity index (χ1) is 17.1. The Morgan fingerprint density at radius 1 is 0.943 bits per heavy atom. The number of piperidine rings is 1. The van der Waals surface area contributed by atoms with Crippen LogP contribution in [0, 0.1) is 6.92 Å². The van der Waals surface area contributed by atoms with E-state index >= 15 is 0 Å². The van der Waals surface area contributed by atoms with Crippen LogP contribution in [0.15, 0.2) is 65.6 Å². The van der Waals surface area contributed by atoms with Crippen molar-refractivity contribution in [2.45, 2.75) is 45.1 Å². The molecule has 0 spiro atoms. The highest BCUT2D eigenvalue weighted by molar-refractivity contribution is 5.80. The van der Waals surface area contributed by atoms with Crippen molar-refractivity contribution in [2.24, 2.45) is 5.73 Å². The quantitative estimate of drug-likeness (QED) is 0.363. The number of aromatic nitrogens is 2. The molecule has 35 heavy (non-hydrogen) atoms. The maximum atomic E-state index is 13.3. The molecule has 1 aliphatic heterocycles. The van der Waals surface area contributed by atoms with Crippen LogP contribution in [0.1, 0.15) is 42.7 Å². The molecule has 1 saturated heterocycles. The number of fused-ring (bicyclic) bond motifs is 3. The molecule has 0 atom stereocenters. The van der Waals surface area contributed by atoms with Gasteiger partial charge < -0.3 is 24.3 Å². The van der Waals surface area contributed by atoms with E-state index < -0.39 is 0 Å². The normalized spacial score (nSPS) is 15.3. The molecule has 0 saturated carbocycles. The molecular formula is C29H36N4O2. The fourth-order valence-electron chi connectivity index (χ4n) is 5.30. The highest BCUT2D eigenvalue weighted by Gasteiger charge is 2.20. The van der Waals surface area contributed by atoms with E-state index in [-0.39, 0.29) is 5.56 Å². The van der Waals surface area contributed by atoms with Crippen molar-refractivity contribution in [1.29, 1.82) is 0 Å². The van der Waals surface area contributed by atoms with E-state index in [4.69, 9.17) is 10.5 Å². The molecule has 2 N–H and O–H groups in total. The summed E-state index contributed by atoms with van der Waals surface area (Å²) in [6.07, 6.45) is 6.13. The predicted octanol–water partition coefficient (Wildman–Crippen LogP) is 4.56. The first-order valence-electron chi connectivity index (χ1n) is 12.9. The van der Waals surface area contributed by atoms with E-state index in [2.05, 4.69) is 36.1 Å². The molecule has 3 heterocycles. The van der Waals surface area contributed by atoms with Crippen LogP contribution < -0.4 is 16.0 Å². The standard InChI is InChI=1S/C29H36N4O2/c1-22-6-8-23(9-7-22)24-12-18-31(19-13-24)15-4-17-33-26-11-10-25(35-20-3-14-30)21-28(26)32-16-2-5-27(32)29(33)34/h2,5-11,16,21,24H,3-4,12-15,17-20,30H2,1H3. The number of nitrogens with two attached hydrogens (primary N) is 1. The summed E-state index contributed by atoms with van der Waals surface area (Å²) in [5.41, 5.74) is 11.1. The van der Waals surface area contributed by atoms with Gasteiger partial charge in [0.1, 0.15) is 11.3 Å². The van der Waals surface area contributed by atoms with E-state index in [9.17, 15) is 4.79 Å². The third-order valence-electron chi connectivity index (χ3n) is 7.32. The van der Waals surface area contributed by atoms with Gasteiger partial charge in [0.15, 0.2) is 0 Å². The van der Waals surface area contributed by atoms with Gasteiger partial charge >= 0.3 is 0 Å². The molecular weight excluding hydrogens is 436 g/mol. The zero-order valence-corrected chi connectivity index (χ0v) is 20.7. The average molecular weight is 473 g/mol. The topological polar surface area (TPSA) is 64.9 Å². The SMILES string of the molecule is Cc1ccc(C2CCN(CCCn3c(=O)c4cccn4c4cc(OCCCN)ccc43)CC2)cc1. The molecule has 0 aliphatic carbocycles. The lowest BCUT2D eigenvalue weighted by atomic mass is 9.89. The molecule has 1 fully saturated rings. The van der Waals surface area contributed by atoms with Gasteiger partial charge in [-0.3, -0.25) is 4.79 Å². The molecule has 184 valence electrons. The predicted molar refractivity (Wildman–Crippen MR) is 143 cm³/mol. The maximum Gasteiger partial charge on any atom is 0.275 e. The van der Waals surface area contributed by atoms with E-state index in [1.165, 1.54) is 24.0 Å².